The normalized spacial score (nSPS) is 16.1. The summed E-state index contributed by atoms with van der Waals surface area (Å²) in [5, 5.41) is 11.1. The lowest BCUT2D eigenvalue weighted by Crippen LogP contribution is -2.46. The number of nitrogens with one attached hydrogen (secondary N) is 2. The van der Waals surface area contributed by atoms with Crippen molar-refractivity contribution in [1.82, 2.24) is 25.3 Å². The minimum Gasteiger partial charge on any atom is -0.379 e. The zero-order chi connectivity index (χ0) is 19.6. The minimum absolute atomic E-state index is 0. The van der Waals surface area contributed by atoms with Crippen molar-refractivity contribution in [3.05, 3.63) is 53.9 Å². The van der Waals surface area contributed by atoms with E-state index in [0.29, 0.717) is 6.04 Å². The molecule has 0 amide bonds. The molecule has 0 spiro atoms. The third kappa shape index (κ3) is 7.60. The Morgan fingerprint density at radius 1 is 1.21 bits per heavy atom. The summed E-state index contributed by atoms with van der Waals surface area (Å²) in [5.41, 5.74) is 2.61. The smallest absolute Gasteiger partial charge is 0.191 e. The molecule has 1 unspecified atom stereocenters. The number of rotatable bonds is 8. The fourth-order valence-corrected chi connectivity index (χ4v) is 3.43. The highest BCUT2D eigenvalue weighted by Crippen LogP contribution is 2.21. The van der Waals surface area contributed by atoms with E-state index in [1.165, 1.54) is 11.1 Å². The molecule has 1 aromatic carbocycles. The van der Waals surface area contributed by atoms with Crippen molar-refractivity contribution < 1.29 is 4.74 Å². The van der Waals surface area contributed by atoms with Gasteiger partial charge in [0.05, 0.1) is 19.3 Å². The molecule has 1 atom stereocenters. The van der Waals surface area contributed by atoms with Crippen LogP contribution in [-0.2, 0) is 11.3 Å². The largest absolute Gasteiger partial charge is 0.379 e. The molecule has 8 heteroatoms. The standard InChI is InChI=1S/C21H32N6O.HI/c1-18-5-7-19(8-6-18)20(26-13-15-28-16-14-26)17-24-21(22-2)23-9-3-11-27-12-4-10-25-27;/h4-8,10,12,20H,3,9,11,13-17H2,1-2H3,(H2,22,23,24);1H. The fourth-order valence-electron chi connectivity index (χ4n) is 3.43. The summed E-state index contributed by atoms with van der Waals surface area (Å²) in [6.45, 7) is 8.18. The third-order valence-electron chi connectivity index (χ3n) is 5.05. The second-order valence-corrected chi connectivity index (χ2v) is 7.08. The molecule has 0 bridgehead atoms. The van der Waals surface area contributed by atoms with Crippen molar-refractivity contribution in [3.8, 4) is 0 Å². The first-order chi connectivity index (χ1) is 13.8. The Morgan fingerprint density at radius 3 is 2.62 bits per heavy atom. The summed E-state index contributed by atoms with van der Waals surface area (Å²) in [6, 6.07) is 11.1. The number of aryl methyl sites for hydroxylation is 2. The molecule has 29 heavy (non-hydrogen) atoms. The number of hydrogen-bond donors (Lipinski definition) is 2. The summed E-state index contributed by atoms with van der Waals surface area (Å²) < 4.78 is 7.49. The minimum atomic E-state index is 0. The first-order valence-corrected chi connectivity index (χ1v) is 10.1. The summed E-state index contributed by atoms with van der Waals surface area (Å²) in [5.74, 6) is 0.839. The summed E-state index contributed by atoms with van der Waals surface area (Å²) in [6.07, 6.45) is 4.79. The molecule has 2 N–H and O–H groups in total. The maximum atomic E-state index is 5.54. The quantitative estimate of drug-likeness (QED) is 0.246. The van der Waals surface area contributed by atoms with Gasteiger partial charge in [0.15, 0.2) is 5.96 Å². The Labute approximate surface area is 190 Å². The highest BCUT2D eigenvalue weighted by Gasteiger charge is 2.22. The van der Waals surface area contributed by atoms with Crippen molar-refractivity contribution in [2.24, 2.45) is 4.99 Å². The third-order valence-corrected chi connectivity index (χ3v) is 5.05. The van der Waals surface area contributed by atoms with Gasteiger partial charge in [-0.3, -0.25) is 14.6 Å². The van der Waals surface area contributed by atoms with Crippen LogP contribution in [0, 0.1) is 6.92 Å². The molecule has 1 aliphatic heterocycles. The number of guanidine groups is 1. The zero-order valence-corrected chi connectivity index (χ0v) is 19.7. The molecule has 3 rings (SSSR count). The van der Waals surface area contributed by atoms with Crippen LogP contribution in [0.3, 0.4) is 0 Å². The molecule has 1 fully saturated rings. The predicted molar refractivity (Wildman–Crippen MR) is 128 cm³/mol. The topological polar surface area (TPSA) is 66.7 Å². The fraction of sp³-hybridized carbons (Fsp3) is 0.524. The molecule has 7 nitrogen and oxygen atoms in total. The molecule has 1 aliphatic rings. The maximum Gasteiger partial charge on any atom is 0.191 e. The average molecular weight is 512 g/mol. The van der Waals surface area contributed by atoms with E-state index in [2.05, 4.69) is 56.8 Å². The van der Waals surface area contributed by atoms with Gasteiger partial charge in [0.25, 0.3) is 0 Å². The van der Waals surface area contributed by atoms with Gasteiger partial charge in [0, 0.05) is 52.2 Å². The van der Waals surface area contributed by atoms with Crippen molar-refractivity contribution >= 4 is 29.9 Å². The van der Waals surface area contributed by atoms with Crippen LogP contribution in [0.1, 0.15) is 23.6 Å². The van der Waals surface area contributed by atoms with Gasteiger partial charge in [0.1, 0.15) is 0 Å². The summed E-state index contributed by atoms with van der Waals surface area (Å²) >= 11 is 0. The van der Waals surface area contributed by atoms with Gasteiger partial charge >= 0.3 is 0 Å². The number of benzene rings is 1. The zero-order valence-electron chi connectivity index (χ0n) is 17.4. The van der Waals surface area contributed by atoms with Crippen LogP contribution in [0.2, 0.25) is 0 Å². The number of morpholine rings is 1. The first-order valence-electron chi connectivity index (χ1n) is 10.1. The van der Waals surface area contributed by atoms with Crippen LogP contribution in [0.15, 0.2) is 47.7 Å². The van der Waals surface area contributed by atoms with Crippen LogP contribution in [-0.4, -0.2) is 67.1 Å². The highest BCUT2D eigenvalue weighted by molar-refractivity contribution is 14.0. The van der Waals surface area contributed by atoms with Gasteiger partial charge in [-0.15, -0.1) is 24.0 Å². The average Bonchev–Trinajstić information content (AvgIpc) is 3.25. The van der Waals surface area contributed by atoms with Gasteiger partial charge in [-0.2, -0.15) is 5.10 Å². The Hall–Kier alpha value is -1.65. The van der Waals surface area contributed by atoms with E-state index in [4.69, 9.17) is 4.74 Å². The number of aliphatic imine (C=N–C) groups is 1. The molecule has 0 radical (unpaired) electrons. The van der Waals surface area contributed by atoms with Crippen molar-refractivity contribution in [2.45, 2.75) is 25.9 Å². The molecule has 2 aromatic rings. The lowest BCUT2D eigenvalue weighted by molar-refractivity contribution is 0.0170. The predicted octanol–water partition coefficient (Wildman–Crippen LogP) is 2.44. The van der Waals surface area contributed by atoms with Crippen LogP contribution in [0.4, 0.5) is 0 Å². The Balaban J connectivity index is 0.00000300. The van der Waals surface area contributed by atoms with Crippen molar-refractivity contribution in [1.29, 1.82) is 0 Å². The second kappa shape index (κ2) is 12.8. The molecule has 1 aromatic heterocycles. The van der Waals surface area contributed by atoms with E-state index in [1.807, 2.05) is 30.2 Å². The Morgan fingerprint density at radius 2 is 1.97 bits per heavy atom. The van der Waals surface area contributed by atoms with Crippen molar-refractivity contribution in [2.75, 3.05) is 46.4 Å². The lowest BCUT2D eigenvalue weighted by Gasteiger charge is -2.35. The second-order valence-electron chi connectivity index (χ2n) is 7.08. The monoisotopic (exact) mass is 512 g/mol. The number of hydrogen-bond acceptors (Lipinski definition) is 4. The Kier molecular flexibility index (Phi) is 10.4. The number of nitrogens with zero attached hydrogens (tertiary/aromatic N) is 4. The molecule has 0 aliphatic carbocycles. The van der Waals surface area contributed by atoms with E-state index < -0.39 is 0 Å². The maximum absolute atomic E-state index is 5.54. The van der Waals surface area contributed by atoms with E-state index in [-0.39, 0.29) is 24.0 Å². The van der Waals surface area contributed by atoms with Gasteiger partial charge in [-0.25, -0.2) is 0 Å². The summed E-state index contributed by atoms with van der Waals surface area (Å²) in [7, 11) is 1.82. The molecule has 0 saturated carbocycles. The molecular formula is C21H33IN6O. The van der Waals surface area contributed by atoms with Crippen LogP contribution in [0.25, 0.3) is 0 Å². The first kappa shape index (κ1) is 23.6. The van der Waals surface area contributed by atoms with E-state index in [0.717, 1.165) is 58.3 Å². The van der Waals surface area contributed by atoms with E-state index in [1.54, 1.807) is 0 Å². The number of ether oxygens (including phenoxy) is 1. The molecule has 2 heterocycles. The van der Waals surface area contributed by atoms with Gasteiger partial charge in [-0.1, -0.05) is 29.8 Å². The molecular weight excluding hydrogens is 479 g/mol. The molecule has 1 saturated heterocycles. The highest BCUT2D eigenvalue weighted by atomic mass is 127. The lowest BCUT2D eigenvalue weighted by atomic mass is 10.0. The van der Waals surface area contributed by atoms with Gasteiger partial charge in [-0.05, 0) is 25.0 Å². The van der Waals surface area contributed by atoms with Gasteiger partial charge in [0.2, 0.25) is 0 Å². The van der Waals surface area contributed by atoms with E-state index >= 15 is 0 Å². The van der Waals surface area contributed by atoms with E-state index in [9.17, 15) is 0 Å². The van der Waals surface area contributed by atoms with Crippen LogP contribution in [0.5, 0.6) is 0 Å². The summed E-state index contributed by atoms with van der Waals surface area (Å²) in [4.78, 5) is 6.87. The number of halogens is 1. The SMILES string of the molecule is CN=C(NCCCn1cccn1)NCC(c1ccc(C)cc1)N1CCOCC1.I. The van der Waals surface area contributed by atoms with Crippen LogP contribution < -0.4 is 10.6 Å². The van der Waals surface area contributed by atoms with Crippen LogP contribution >= 0.6 is 24.0 Å². The van der Waals surface area contributed by atoms with Gasteiger partial charge < -0.3 is 15.4 Å². The van der Waals surface area contributed by atoms with Crippen molar-refractivity contribution in [3.63, 3.8) is 0 Å². The number of aromatic nitrogens is 2. The molecule has 160 valence electrons. The Bertz CT molecular complexity index is 713.